The molecule has 0 aromatic heterocycles. The largest absolute Gasteiger partial charge is 0.508 e. The number of amides is 1. The molecule has 1 aromatic rings. The van der Waals surface area contributed by atoms with E-state index in [9.17, 15) is 39.9 Å². The maximum Gasteiger partial charge on any atom is 0.255 e. The molecule has 1 saturated carbocycles. The maximum atomic E-state index is 14.3. The Morgan fingerprint density at radius 3 is 2.10 bits per heavy atom. The van der Waals surface area contributed by atoms with Crippen molar-refractivity contribution in [3.63, 3.8) is 0 Å². The van der Waals surface area contributed by atoms with Gasteiger partial charge < -0.3 is 31.3 Å². The Labute approximate surface area is 233 Å². The molecule has 10 heteroatoms. The van der Waals surface area contributed by atoms with Crippen LogP contribution in [0.1, 0.15) is 70.6 Å². The van der Waals surface area contributed by atoms with Crippen LogP contribution in [0.5, 0.6) is 5.75 Å². The predicted molar refractivity (Wildman–Crippen MR) is 147 cm³/mol. The molecule has 0 heterocycles. The first kappa shape index (κ1) is 29.8. The molecule has 6 atom stereocenters. The summed E-state index contributed by atoms with van der Waals surface area (Å²) in [5.41, 5.74) is 1.31. The lowest BCUT2D eigenvalue weighted by molar-refractivity contribution is -0.170. The highest BCUT2D eigenvalue weighted by Gasteiger charge is 2.68. The lowest BCUT2D eigenvalue weighted by atomic mass is 9.53. The average molecular weight is 557 g/mol. The molecule has 0 aliphatic heterocycles. The average Bonchev–Trinajstić information content (AvgIpc) is 2.78. The summed E-state index contributed by atoms with van der Waals surface area (Å²) in [6, 6.07) is 2.14. The van der Waals surface area contributed by atoms with Crippen LogP contribution in [-0.2, 0) is 19.8 Å². The van der Waals surface area contributed by atoms with Crippen molar-refractivity contribution < 1.29 is 39.9 Å². The standard InChI is InChI=1S/C30H40N2O8/c1-28(2,3)11-13-12-9-10-14(29(4,5)6)21(33)16(12)22(34)17-15(13)23(35)19-20(32(7)8)24(36)18(27(31)39)26(38)30(19,40)25(17)37/h9-10,13,15,19-20,23,33-35,38,40H,11H2,1-8H3,(H2,31,39)/t13-,15+,19+,20-,23-,30-/m0/s1. The second kappa shape index (κ2) is 9.15. The van der Waals surface area contributed by atoms with Gasteiger partial charge in [-0.2, -0.15) is 0 Å². The first-order valence-corrected chi connectivity index (χ1v) is 13.4. The number of ketones is 2. The first-order chi connectivity index (χ1) is 18.2. The van der Waals surface area contributed by atoms with Crippen LogP contribution >= 0.6 is 0 Å². The summed E-state index contributed by atoms with van der Waals surface area (Å²) in [5, 5.41) is 58.0. The van der Waals surface area contributed by atoms with E-state index < -0.39 is 75.5 Å². The van der Waals surface area contributed by atoms with Crippen LogP contribution in [0, 0.1) is 17.3 Å². The molecule has 0 spiro atoms. The molecule has 218 valence electrons. The predicted octanol–water partition coefficient (Wildman–Crippen LogP) is 2.21. The number of carbonyl (C=O) groups is 3. The van der Waals surface area contributed by atoms with E-state index in [-0.39, 0.29) is 22.3 Å². The molecule has 40 heavy (non-hydrogen) atoms. The van der Waals surface area contributed by atoms with E-state index >= 15 is 0 Å². The number of aliphatic hydroxyl groups is 4. The minimum absolute atomic E-state index is 0.0187. The molecule has 0 radical (unpaired) electrons. The van der Waals surface area contributed by atoms with E-state index in [1.54, 1.807) is 12.1 Å². The number of phenols is 1. The van der Waals surface area contributed by atoms with Gasteiger partial charge in [0.05, 0.1) is 23.6 Å². The fraction of sp³-hybridized carbons (Fsp3) is 0.567. The smallest absolute Gasteiger partial charge is 0.255 e. The summed E-state index contributed by atoms with van der Waals surface area (Å²) in [5.74, 6) is -8.83. The normalized spacial score (nSPS) is 30.8. The van der Waals surface area contributed by atoms with Crippen molar-refractivity contribution in [2.45, 2.75) is 77.0 Å². The van der Waals surface area contributed by atoms with Gasteiger partial charge in [-0.1, -0.05) is 53.7 Å². The Morgan fingerprint density at radius 2 is 1.62 bits per heavy atom. The summed E-state index contributed by atoms with van der Waals surface area (Å²) in [6.07, 6.45) is -1.22. The summed E-state index contributed by atoms with van der Waals surface area (Å²) < 4.78 is 0. The minimum Gasteiger partial charge on any atom is -0.508 e. The highest BCUT2D eigenvalue weighted by atomic mass is 16.4. The molecule has 7 N–H and O–H groups in total. The van der Waals surface area contributed by atoms with Crippen molar-refractivity contribution in [3.05, 3.63) is 45.7 Å². The number of aromatic hydroxyl groups is 1. The topological polar surface area (TPSA) is 182 Å². The van der Waals surface area contributed by atoms with Crippen LogP contribution in [0.25, 0.3) is 5.76 Å². The van der Waals surface area contributed by atoms with Gasteiger partial charge in [0.25, 0.3) is 5.91 Å². The fourth-order valence-electron chi connectivity index (χ4n) is 6.94. The molecular formula is C30H40N2O8. The van der Waals surface area contributed by atoms with Gasteiger partial charge in [-0.05, 0) is 42.8 Å². The molecule has 0 unspecified atom stereocenters. The van der Waals surface area contributed by atoms with Gasteiger partial charge in [-0.15, -0.1) is 0 Å². The van der Waals surface area contributed by atoms with Crippen molar-refractivity contribution in [3.8, 4) is 5.75 Å². The second-order valence-electron chi connectivity index (χ2n) is 13.8. The van der Waals surface area contributed by atoms with Gasteiger partial charge in [-0.3, -0.25) is 19.3 Å². The Kier molecular flexibility index (Phi) is 6.81. The van der Waals surface area contributed by atoms with Crippen molar-refractivity contribution >= 4 is 23.2 Å². The van der Waals surface area contributed by atoms with E-state index in [2.05, 4.69) is 0 Å². The molecule has 4 rings (SSSR count). The monoisotopic (exact) mass is 556 g/mol. The maximum absolute atomic E-state index is 14.3. The zero-order chi connectivity index (χ0) is 30.4. The number of carbonyl (C=O) groups excluding carboxylic acids is 3. The third-order valence-corrected chi connectivity index (χ3v) is 8.57. The molecule has 3 aliphatic carbocycles. The van der Waals surface area contributed by atoms with Crippen molar-refractivity contribution in [2.75, 3.05) is 14.1 Å². The van der Waals surface area contributed by atoms with Gasteiger partial charge in [0.2, 0.25) is 5.78 Å². The third kappa shape index (κ3) is 4.07. The molecule has 0 bridgehead atoms. The number of nitrogens with two attached hydrogens (primary N) is 1. The van der Waals surface area contributed by atoms with Crippen LogP contribution in [0.4, 0.5) is 0 Å². The minimum atomic E-state index is -2.94. The number of rotatable bonds is 3. The number of aliphatic hydroxyl groups excluding tert-OH is 3. The number of hydrogen-bond donors (Lipinski definition) is 6. The number of hydrogen-bond acceptors (Lipinski definition) is 9. The van der Waals surface area contributed by atoms with Gasteiger partial charge >= 0.3 is 0 Å². The number of nitrogens with zero attached hydrogens (tertiary/aromatic N) is 1. The van der Waals surface area contributed by atoms with E-state index in [0.717, 1.165) is 0 Å². The second-order valence-corrected chi connectivity index (χ2v) is 13.8. The quantitative estimate of drug-likeness (QED) is 0.304. The molecule has 0 saturated heterocycles. The Balaban J connectivity index is 2.12. The molecule has 3 aliphatic rings. The highest BCUT2D eigenvalue weighted by molar-refractivity contribution is 6.24. The van der Waals surface area contributed by atoms with E-state index in [0.29, 0.717) is 17.5 Å². The highest BCUT2D eigenvalue weighted by Crippen LogP contribution is 2.58. The van der Waals surface area contributed by atoms with E-state index in [1.807, 2.05) is 41.5 Å². The number of Topliss-reactive ketones (excluding diaryl/α,β-unsaturated/α-hetero) is 2. The van der Waals surface area contributed by atoms with Crippen LogP contribution in [-0.4, -0.2) is 79.7 Å². The lowest BCUT2D eigenvalue weighted by Gasteiger charge is -2.54. The van der Waals surface area contributed by atoms with Crippen LogP contribution < -0.4 is 5.73 Å². The van der Waals surface area contributed by atoms with E-state index in [1.165, 1.54) is 19.0 Å². The summed E-state index contributed by atoms with van der Waals surface area (Å²) in [4.78, 5) is 41.3. The molecular weight excluding hydrogens is 516 g/mol. The summed E-state index contributed by atoms with van der Waals surface area (Å²) in [6.45, 7) is 11.6. The van der Waals surface area contributed by atoms with Crippen LogP contribution in [0.15, 0.2) is 29.0 Å². The number of phenolic OH excluding ortho intramolecular Hbond substituents is 1. The number of benzene rings is 1. The van der Waals surface area contributed by atoms with Gasteiger partial charge in [0.15, 0.2) is 11.4 Å². The molecule has 1 fully saturated rings. The van der Waals surface area contributed by atoms with E-state index in [4.69, 9.17) is 5.73 Å². The first-order valence-electron chi connectivity index (χ1n) is 13.4. The summed E-state index contributed by atoms with van der Waals surface area (Å²) >= 11 is 0. The van der Waals surface area contributed by atoms with Crippen molar-refractivity contribution in [1.82, 2.24) is 4.90 Å². The fourth-order valence-corrected chi connectivity index (χ4v) is 6.94. The lowest BCUT2D eigenvalue weighted by Crippen LogP contribution is -2.70. The Bertz CT molecular complexity index is 1380. The van der Waals surface area contributed by atoms with Gasteiger partial charge in [0.1, 0.15) is 22.8 Å². The van der Waals surface area contributed by atoms with Crippen molar-refractivity contribution in [2.24, 2.45) is 23.0 Å². The third-order valence-electron chi connectivity index (χ3n) is 8.57. The molecule has 1 amide bonds. The zero-order valence-corrected chi connectivity index (χ0v) is 24.2. The van der Waals surface area contributed by atoms with Crippen LogP contribution in [0.2, 0.25) is 0 Å². The SMILES string of the molecule is CN(C)[C@@H]1C(=O)C(C(N)=O)=C(O)[C@@]2(O)C(=O)C3=C(O)c4c(ccc(C(C)(C)C)c4O)[C@H](CC(C)(C)C)[C@H]3[C@H](O)[C@@H]12. The van der Waals surface area contributed by atoms with Gasteiger partial charge in [0, 0.05) is 17.1 Å². The Hall–Kier alpha value is -3.21. The van der Waals surface area contributed by atoms with Crippen molar-refractivity contribution in [1.29, 1.82) is 0 Å². The zero-order valence-electron chi connectivity index (χ0n) is 24.2. The number of likely N-dealkylation sites (N-methyl/N-ethyl adjacent to an activating group) is 1. The number of primary amides is 1. The van der Waals surface area contributed by atoms with Gasteiger partial charge in [-0.25, -0.2) is 0 Å². The number of fused-ring (bicyclic) bond motifs is 3. The molecule has 1 aromatic carbocycles. The van der Waals surface area contributed by atoms with Crippen LogP contribution in [0.3, 0.4) is 0 Å². The molecule has 10 nitrogen and oxygen atoms in total. The Morgan fingerprint density at radius 1 is 1.05 bits per heavy atom. The summed E-state index contributed by atoms with van der Waals surface area (Å²) in [7, 11) is 2.97.